The highest BCUT2D eigenvalue weighted by Crippen LogP contribution is 2.47. The van der Waals surface area contributed by atoms with Gasteiger partial charge in [-0.25, -0.2) is 0 Å². The Kier molecular flexibility index (Phi) is 5.49. The van der Waals surface area contributed by atoms with Crippen LogP contribution in [0.4, 0.5) is 13.2 Å². The van der Waals surface area contributed by atoms with Crippen LogP contribution in [-0.4, -0.2) is 45.5 Å². The highest BCUT2D eigenvalue weighted by atomic mass is 19.4. The zero-order chi connectivity index (χ0) is 21.6. The van der Waals surface area contributed by atoms with Gasteiger partial charge in [0.05, 0.1) is 5.56 Å². The van der Waals surface area contributed by atoms with Crippen molar-refractivity contribution in [2.24, 2.45) is 5.92 Å². The summed E-state index contributed by atoms with van der Waals surface area (Å²) in [6.45, 7) is 5.41. The van der Waals surface area contributed by atoms with Crippen molar-refractivity contribution in [2.45, 2.75) is 64.3 Å². The second-order valence-corrected chi connectivity index (χ2v) is 8.16. The molecule has 0 N–H and O–H groups in total. The molecule has 0 radical (unpaired) electrons. The van der Waals surface area contributed by atoms with Gasteiger partial charge in [0.1, 0.15) is 17.9 Å². The van der Waals surface area contributed by atoms with Gasteiger partial charge in [-0.15, -0.1) is 0 Å². The fourth-order valence-corrected chi connectivity index (χ4v) is 4.23. The Balaban J connectivity index is 1.88. The van der Waals surface area contributed by atoms with Crippen molar-refractivity contribution in [3.05, 3.63) is 35.4 Å². The highest BCUT2D eigenvalue weighted by molar-refractivity contribution is 6.00. The van der Waals surface area contributed by atoms with Crippen molar-refractivity contribution >= 4 is 17.6 Å². The number of hydrogen-bond donors (Lipinski definition) is 0. The average Bonchev–Trinajstić information content (AvgIpc) is 2.62. The summed E-state index contributed by atoms with van der Waals surface area (Å²) in [5, 5.41) is 0. The van der Waals surface area contributed by atoms with Gasteiger partial charge < -0.3 is 9.80 Å². The van der Waals surface area contributed by atoms with E-state index in [-0.39, 0.29) is 55.5 Å². The minimum Gasteiger partial charge on any atom is -0.329 e. The summed E-state index contributed by atoms with van der Waals surface area (Å²) in [6.07, 6.45) is -3.52. The monoisotopic (exact) mass is 410 g/mol. The van der Waals surface area contributed by atoms with E-state index in [0.29, 0.717) is 12.0 Å². The molecule has 1 spiro atoms. The number of alkyl halides is 3. The van der Waals surface area contributed by atoms with E-state index < -0.39 is 17.3 Å². The van der Waals surface area contributed by atoms with Gasteiger partial charge in [-0.2, -0.15) is 13.2 Å². The second-order valence-electron chi connectivity index (χ2n) is 8.16. The van der Waals surface area contributed by atoms with Gasteiger partial charge in [0.25, 0.3) is 0 Å². The minimum atomic E-state index is -4.43. The predicted molar refractivity (Wildman–Crippen MR) is 99.6 cm³/mol. The third kappa shape index (κ3) is 3.76. The van der Waals surface area contributed by atoms with Crippen molar-refractivity contribution < 1.29 is 27.6 Å². The van der Waals surface area contributed by atoms with E-state index in [2.05, 4.69) is 0 Å². The molecule has 2 amide bonds. The Bertz CT molecular complexity index is 811. The van der Waals surface area contributed by atoms with Crippen molar-refractivity contribution in [1.29, 1.82) is 0 Å². The number of hydrogen-bond acceptors (Lipinski definition) is 3. The summed E-state index contributed by atoms with van der Waals surface area (Å²) in [5.74, 6) is -0.634. The van der Waals surface area contributed by atoms with Crippen LogP contribution in [0.15, 0.2) is 24.3 Å². The van der Waals surface area contributed by atoms with Gasteiger partial charge >= 0.3 is 6.18 Å². The third-order valence-electron chi connectivity index (χ3n) is 6.00. The van der Waals surface area contributed by atoms with E-state index >= 15 is 0 Å². The number of nitrogens with zero attached hydrogens (tertiary/aromatic N) is 2. The molecule has 8 heteroatoms. The number of halogens is 3. The zero-order valence-corrected chi connectivity index (χ0v) is 16.8. The van der Waals surface area contributed by atoms with Gasteiger partial charge in [0.2, 0.25) is 11.8 Å². The maximum Gasteiger partial charge on any atom is 0.416 e. The molecule has 1 saturated heterocycles. The van der Waals surface area contributed by atoms with Gasteiger partial charge in [-0.05, 0) is 44.4 Å². The largest absolute Gasteiger partial charge is 0.416 e. The standard InChI is InChI=1S/C21H25F3N2O3/c1-4-17(27)15-9-20(10-15)19(29)25(13(2)3)12-18(28)26(20)11-14-5-7-16(8-6-14)21(22,23)24/h5-8,13,15H,4,9-12H2,1-3H3. The number of Topliss-reactive ketones (excluding diaryl/α,β-unsaturated/α-hetero) is 1. The molecule has 1 aliphatic carbocycles. The summed E-state index contributed by atoms with van der Waals surface area (Å²) < 4.78 is 38.4. The number of carbonyl (C=O) groups excluding carboxylic acids is 3. The van der Waals surface area contributed by atoms with Crippen LogP contribution >= 0.6 is 0 Å². The highest BCUT2D eigenvalue weighted by Gasteiger charge is 2.61. The van der Waals surface area contributed by atoms with E-state index in [4.69, 9.17) is 0 Å². The summed E-state index contributed by atoms with van der Waals surface area (Å²) in [6, 6.07) is 4.45. The first kappa shape index (κ1) is 21.3. The fraction of sp³-hybridized carbons (Fsp3) is 0.571. The Morgan fingerprint density at radius 3 is 2.24 bits per heavy atom. The van der Waals surface area contributed by atoms with E-state index in [1.807, 2.05) is 13.8 Å². The van der Waals surface area contributed by atoms with Gasteiger partial charge in [-0.3, -0.25) is 14.4 Å². The molecule has 0 unspecified atom stereocenters. The van der Waals surface area contributed by atoms with Crippen molar-refractivity contribution in [1.82, 2.24) is 9.80 Å². The molecule has 3 rings (SSSR count). The summed E-state index contributed by atoms with van der Waals surface area (Å²) in [7, 11) is 0. The van der Waals surface area contributed by atoms with Crippen LogP contribution in [0.2, 0.25) is 0 Å². The van der Waals surface area contributed by atoms with Gasteiger partial charge in [-0.1, -0.05) is 19.1 Å². The Morgan fingerprint density at radius 1 is 1.17 bits per heavy atom. The van der Waals surface area contributed by atoms with E-state index in [1.165, 1.54) is 21.9 Å². The lowest BCUT2D eigenvalue weighted by atomic mass is 9.63. The quantitative estimate of drug-likeness (QED) is 0.748. The molecule has 0 aromatic heterocycles. The van der Waals surface area contributed by atoms with Crippen LogP contribution < -0.4 is 0 Å². The second kappa shape index (κ2) is 7.46. The molecule has 0 bridgehead atoms. The van der Waals surface area contributed by atoms with Crippen LogP contribution in [0.3, 0.4) is 0 Å². The number of carbonyl (C=O) groups is 3. The predicted octanol–water partition coefficient (Wildman–Crippen LogP) is 3.41. The van der Waals surface area contributed by atoms with Crippen LogP contribution in [-0.2, 0) is 27.1 Å². The zero-order valence-electron chi connectivity index (χ0n) is 16.8. The third-order valence-corrected chi connectivity index (χ3v) is 6.00. The maximum atomic E-state index is 13.2. The number of amides is 2. The lowest BCUT2D eigenvalue weighted by molar-refractivity contribution is -0.180. The Labute approximate surface area is 167 Å². The molecule has 1 aromatic rings. The first-order chi connectivity index (χ1) is 13.5. The molecule has 1 heterocycles. The molecule has 29 heavy (non-hydrogen) atoms. The summed E-state index contributed by atoms with van der Waals surface area (Å²) >= 11 is 0. The van der Waals surface area contributed by atoms with Gasteiger partial charge in [0, 0.05) is 24.9 Å². The average molecular weight is 410 g/mol. The first-order valence-electron chi connectivity index (χ1n) is 9.80. The molecule has 0 atom stereocenters. The molecule has 1 saturated carbocycles. The number of benzene rings is 1. The first-order valence-corrected chi connectivity index (χ1v) is 9.80. The number of piperazine rings is 1. The van der Waals surface area contributed by atoms with Crippen LogP contribution in [0, 0.1) is 5.92 Å². The van der Waals surface area contributed by atoms with E-state index in [0.717, 1.165) is 12.1 Å². The Hall–Kier alpha value is -2.38. The Morgan fingerprint density at radius 2 is 1.76 bits per heavy atom. The molecule has 1 aliphatic heterocycles. The molecule has 2 fully saturated rings. The minimum absolute atomic E-state index is 0.0433. The van der Waals surface area contributed by atoms with E-state index in [1.54, 1.807) is 6.92 Å². The summed E-state index contributed by atoms with van der Waals surface area (Å²) in [4.78, 5) is 41.2. The SMILES string of the molecule is CCC(=O)C1CC2(C1)C(=O)N(C(C)C)CC(=O)N2Cc1ccc(C(F)(F)F)cc1. The fourth-order valence-electron chi connectivity index (χ4n) is 4.23. The number of ketones is 1. The van der Waals surface area contributed by atoms with Crippen LogP contribution in [0.1, 0.15) is 51.2 Å². The van der Waals surface area contributed by atoms with Crippen LogP contribution in [0.25, 0.3) is 0 Å². The van der Waals surface area contributed by atoms with Crippen LogP contribution in [0.5, 0.6) is 0 Å². The molecular weight excluding hydrogens is 385 g/mol. The van der Waals surface area contributed by atoms with Crippen molar-refractivity contribution in [3.63, 3.8) is 0 Å². The molecule has 5 nitrogen and oxygen atoms in total. The molecule has 2 aliphatic rings. The van der Waals surface area contributed by atoms with E-state index in [9.17, 15) is 27.6 Å². The van der Waals surface area contributed by atoms with Crippen molar-refractivity contribution in [3.8, 4) is 0 Å². The van der Waals surface area contributed by atoms with Crippen molar-refractivity contribution in [2.75, 3.05) is 6.54 Å². The lowest BCUT2D eigenvalue weighted by Crippen LogP contribution is -2.73. The summed E-state index contributed by atoms with van der Waals surface area (Å²) in [5.41, 5.74) is -1.33. The molecule has 158 valence electrons. The molecular formula is C21H25F3N2O3. The lowest BCUT2D eigenvalue weighted by Gasteiger charge is -2.57. The normalized spacial score (nSPS) is 25.0. The number of rotatable bonds is 5. The smallest absolute Gasteiger partial charge is 0.329 e. The maximum absolute atomic E-state index is 13.2. The topological polar surface area (TPSA) is 57.7 Å². The van der Waals surface area contributed by atoms with Gasteiger partial charge in [0.15, 0.2) is 0 Å². The molecule has 1 aromatic carbocycles.